The molecule has 0 bridgehead atoms. The fourth-order valence-corrected chi connectivity index (χ4v) is 6.04. The van der Waals surface area contributed by atoms with Gasteiger partial charge in [0.1, 0.15) is 11.5 Å². The van der Waals surface area contributed by atoms with Crippen LogP contribution >= 0.6 is 0 Å². The van der Waals surface area contributed by atoms with Crippen LogP contribution in [0.3, 0.4) is 0 Å². The van der Waals surface area contributed by atoms with E-state index in [9.17, 15) is 0 Å². The minimum atomic E-state index is -3.33. The highest BCUT2D eigenvalue weighted by Crippen LogP contribution is 2.45. The van der Waals surface area contributed by atoms with Gasteiger partial charge in [-0.3, -0.25) is 0 Å². The van der Waals surface area contributed by atoms with Gasteiger partial charge in [-0.1, -0.05) is 76.9 Å². The molecule has 2 aromatic rings. The molecule has 2 aliphatic heterocycles. The summed E-state index contributed by atoms with van der Waals surface area (Å²) in [5.74, 6) is 1.74. The van der Waals surface area contributed by atoms with E-state index in [0.29, 0.717) is 13.2 Å². The second kappa shape index (κ2) is 6.59. The molecule has 0 saturated carbocycles. The zero-order valence-electron chi connectivity index (χ0n) is 18.9. The molecule has 5 heteroatoms. The third-order valence-electron chi connectivity index (χ3n) is 5.50. The van der Waals surface area contributed by atoms with Gasteiger partial charge in [0, 0.05) is 11.1 Å². The van der Waals surface area contributed by atoms with Crippen LogP contribution in [0.2, 0.25) is 0 Å². The molecule has 0 atom stereocenters. The Morgan fingerprint density at radius 1 is 0.655 bits per heavy atom. The van der Waals surface area contributed by atoms with Crippen LogP contribution in [-0.4, -0.2) is 9.05 Å². The molecule has 0 fully saturated rings. The number of aryl methyl sites for hydroxylation is 2. The van der Waals surface area contributed by atoms with Crippen molar-refractivity contribution in [2.45, 2.75) is 79.4 Å². The lowest BCUT2D eigenvalue weighted by atomic mass is 9.84. The van der Waals surface area contributed by atoms with E-state index >= 15 is 0 Å². The molecule has 4 nitrogen and oxygen atoms in total. The Labute approximate surface area is 175 Å². The van der Waals surface area contributed by atoms with E-state index in [2.05, 4.69) is 79.7 Å². The molecule has 0 N–H and O–H groups in total. The van der Waals surface area contributed by atoms with Crippen LogP contribution in [0.25, 0.3) is 0 Å². The largest absolute Gasteiger partial charge is 0.821 e. The van der Waals surface area contributed by atoms with E-state index in [0.717, 1.165) is 22.6 Å². The fraction of sp³-hybridized carbons (Fsp3) is 0.500. The normalized spacial score (nSPS) is 17.9. The molecule has 4 rings (SSSR count). The molecule has 0 radical (unpaired) electrons. The predicted molar refractivity (Wildman–Crippen MR) is 116 cm³/mol. The molecule has 0 aromatic heterocycles. The lowest BCUT2D eigenvalue weighted by molar-refractivity contribution is 0.00392. The Kier molecular flexibility index (Phi) is 4.65. The maximum Gasteiger partial charge on any atom is 0.821 e. The van der Waals surface area contributed by atoms with Crippen LogP contribution in [-0.2, 0) is 32.9 Å². The molecule has 156 valence electrons. The second-order valence-electron chi connectivity index (χ2n) is 10.4. The van der Waals surface area contributed by atoms with E-state index in [1.807, 2.05) is 0 Å². The van der Waals surface area contributed by atoms with Gasteiger partial charge in [0.2, 0.25) is 0 Å². The molecular weight excluding hydrogens is 380 g/mol. The van der Waals surface area contributed by atoms with Gasteiger partial charge in [-0.15, -0.1) is 0 Å². The Morgan fingerprint density at radius 2 is 1.03 bits per heavy atom. The van der Waals surface area contributed by atoms with Crippen molar-refractivity contribution in [3.05, 3.63) is 57.6 Å². The van der Waals surface area contributed by atoms with Crippen LogP contribution in [0.4, 0.5) is 0 Å². The van der Waals surface area contributed by atoms with Crippen LogP contribution in [0.1, 0.15) is 74.9 Å². The van der Waals surface area contributed by atoms with E-state index in [1.54, 1.807) is 0 Å². The molecule has 0 unspecified atom stereocenters. The number of hydrogen-bond donors (Lipinski definition) is 0. The van der Waals surface area contributed by atoms with Crippen molar-refractivity contribution in [2.75, 3.05) is 0 Å². The Hall–Kier alpha value is -1.82. The van der Waals surface area contributed by atoms with Gasteiger partial charge in [0.25, 0.3) is 0 Å². The van der Waals surface area contributed by atoms with Crippen LogP contribution < -0.4 is 8.85 Å². The smallest absolute Gasteiger partial charge is 0.470 e. The van der Waals surface area contributed by atoms with Crippen molar-refractivity contribution in [2.24, 2.45) is 0 Å². The zero-order valence-corrected chi connectivity index (χ0v) is 19.9. The van der Waals surface area contributed by atoms with Crippen molar-refractivity contribution in [3.8, 4) is 11.5 Å². The predicted octanol–water partition coefficient (Wildman–Crippen LogP) is 5.85. The molecule has 0 amide bonds. The third-order valence-corrected chi connectivity index (χ3v) is 7.40. The molecule has 2 aliphatic rings. The third kappa shape index (κ3) is 3.72. The van der Waals surface area contributed by atoms with E-state index < -0.39 is 9.05 Å². The second-order valence-corrected chi connectivity index (χ2v) is 12.4. The van der Waals surface area contributed by atoms with Gasteiger partial charge in [-0.2, -0.15) is 0 Å². The maximum atomic E-state index is 6.50. The highest BCUT2D eigenvalue weighted by molar-refractivity contribution is 6.55. The Bertz CT molecular complexity index is 887. The average molecular weight is 413 g/mol. The van der Waals surface area contributed by atoms with E-state index in [-0.39, 0.29) is 10.8 Å². The summed E-state index contributed by atoms with van der Waals surface area (Å²) >= 11 is 0. The van der Waals surface area contributed by atoms with E-state index in [4.69, 9.17) is 17.7 Å². The minimum Gasteiger partial charge on any atom is -0.470 e. The highest BCUT2D eigenvalue weighted by atomic mass is 28.4. The van der Waals surface area contributed by atoms with Crippen LogP contribution in [0.15, 0.2) is 24.3 Å². The van der Waals surface area contributed by atoms with Gasteiger partial charge in [0.15, 0.2) is 0 Å². The molecule has 29 heavy (non-hydrogen) atoms. The Balaban J connectivity index is 1.78. The first-order chi connectivity index (χ1) is 13.4. The first-order valence-corrected chi connectivity index (χ1v) is 12.0. The standard InChI is InChI=1S/C24H32O4Si/c1-15-9-17-13-25-29(27-21(17)19(11-15)23(3,4)5)26-14-18-10-16(2)12-20(22(18)28-29)24(6,7)8/h9-12H,13-14H2,1-8H3. The van der Waals surface area contributed by atoms with Crippen molar-refractivity contribution in [1.29, 1.82) is 0 Å². The molecule has 0 saturated heterocycles. The summed E-state index contributed by atoms with van der Waals surface area (Å²) in [5, 5.41) is 0. The topological polar surface area (TPSA) is 36.9 Å². The summed E-state index contributed by atoms with van der Waals surface area (Å²) < 4.78 is 25.4. The summed E-state index contributed by atoms with van der Waals surface area (Å²) in [6, 6.07) is 8.67. The monoisotopic (exact) mass is 412 g/mol. The summed E-state index contributed by atoms with van der Waals surface area (Å²) in [6.45, 7) is 18.3. The summed E-state index contributed by atoms with van der Waals surface area (Å²) in [7, 11) is -3.33. The summed E-state index contributed by atoms with van der Waals surface area (Å²) in [6.07, 6.45) is 0. The number of fused-ring (bicyclic) bond motifs is 2. The quantitative estimate of drug-likeness (QED) is 0.509. The van der Waals surface area contributed by atoms with Gasteiger partial charge in [-0.05, 0) is 35.8 Å². The van der Waals surface area contributed by atoms with E-state index in [1.165, 1.54) is 22.3 Å². The number of benzene rings is 2. The average Bonchev–Trinajstić information content (AvgIpc) is 2.60. The molecule has 1 spiro atoms. The number of hydrogen-bond acceptors (Lipinski definition) is 4. The summed E-state index contributed by atoms with van der Waals surface area (Å²) in [5.41, 5.74) is 6.77. The molecular formula is C24H32O4Si. The minimum absolute atomic E-state index is 0.0523. The molecule has 2 heterocycles. The lowest BCUT2D eigenvalue weighted by Gasteiger charge is -2.39. The van der Waals surface area contributed by atoms with Gasteiger partial charge in [-0.25, -0.2) is 0 Å². The van der Waals surface area contributed by atoms with Crippen molar-refractivity contribution < 1.29 is 17.7 Å². The van der Waals surface area contributed by atoms with Crippen LogP contribution in [0.5, 0.6) is 11.5 Å². The summed E-state index contributed by atoms with van der Waals surface area (Å²) in [4.78, 5) is 0. The van der Waals surface area contributed by atoms with Crippen molar-refractivity contribution in [1.82, 2.24) is 0 Å². The van der Waals surface area contributed by atoms with Gasteiger partial charge in [0.05, 0.1) is 13.2 Å². The first kappa shape index (κ1) is 20.4. The molecule has 0 aliphatic carbocycles. The van der Waals surface area contributed by atoms with Gasteiger partial charge >= 0.3 is 9.05 Å². The Morgan fingerprint density at radius 3 is 1.38 bits per heavy atom. The van der Waals surface area contributed by atoms with Crippen LogP contribution in [0, 0.1) is 13.8 Å². The molecule has 2 aromatic carbocycles. The fourth-order valence-electron chi connectivity index (χ4n) is 4.03. The first-order valence-electron chi connectivity index (χ1n) is 10.3. The lowest BCUT2D eigenvalue weighted by Crippen LogP contribution is -2.58. The number of rotatable bonds is 0. The van der Waals surface area contributed by atoms with Gasteiger partial charge < -0.3 is 17.7 Å². The zero-order chi connectivity index (χ0) is 21.2. The highest BCUT2D eigenvalue weighted by Gasteiger charge is 2.58. The van der Waals surface area contributed by atoms with Crippen molar-refractivity contribution >= 4 is 9.05 Å². The van der Waals surface area contributed by atoms with Crippen molar-refractivity contribution in [3.63, 3.8) is 0 Å². The SMILES string of the molecule is Cc1cc2c(c(C(C)(C)C)c1)O[Si]1(OC2)OCc2cc(C)cc(C(C)(C)C)c2O1. The maximum absolute atomic E-state index is 6.50.